The normalized spacial score (nSPS) is 12.2. The van der Waals surface area contributed by atoms with E-state index in [9.17, 15) is 35.5 Å². The summed E-state index contributed by atoms with van der Waals surface area (Å²) in [5.74, 6) is -4.18. The summed E-state index contributed by atoms with van der Waals surface area (Å²) in [6, 6.07) is 5.92. The Bertz CT molecular complexity index is 1170. The molecule has 0 N–H and O–H groups in total. The standard InChI is InChI=1S/C20H12F7NO3/c1-9-16(18(29)19(22,23)24)17(10-3-6-15(30-2)13(21)7-10)12-8-11(31-20(25,26)27)4-5-14(12)28-9/h3-8H,1-2H3. The molecule has 0 aliphatic heterocycles. The van der Waals surface area contributed by atoms with Crippen LogP contribution in [-0.4, -0.2) is 30.4 Å². The monoisotopic (exact) mass is 447 g/mol. The highest BCUT2D eigenvalue weighted by Crippen LogP contribution is 2.39. The molecule has 164 valence electrons. The Balaban J connectivity index is 2.41. The van der Waals surface area contributed by atoms with Crippen LogP contribution in [0, 0.1) is 12.7 Å². The number of aryl methyl sites for hydroxylation is 1. The van der Waals surface area contributed by atoms with Crippen LogP contribution < -0.4 is 9.47 Å². The second-order valence-corrected chi connectivity index (χ2v) is 6.35. The molecule has 3 aromatic rings. The quantitative estimate of drug-likeness (QED) is 0.364. The average molecular weight is 447 g/mol. The van der Waals surface area contributed by atoms with Crippen molar-refractivity contribution in [2.75, 3.05) is 7.11 Å². The molecule has 3 rings (SSSR count). The van der Waals surface area contributed by atoms with Crippen molar-refractivity contribution in [3.05, 3.63) is 53.5 Å². The molecule has 0 saturated carbocycles. The third-order valence-corrected chi connectivity index (χ3v) is 4.30. The Hall–Kier alpha value is -3.37. The van der Waals surface area contributed by atoms with Crippen LogP contribution in [0.15, 0.2) is 36.4 Å². The smallest absolute Gasteiger partial charge is 0.494 e. The zero-order chi connectivity index (χ0) is 23.1. The number of benzene rings is 2. The maximum atomic E-state index is 14.3. The fourth-order valence-corrected chi connectivity index (χ4v) is 3.10. The highest BCUT2D eigenvalue weighted by Gasteiger charge is 2.42. The van der Waals surface area contributed by atoms with Crippen LogP contribution in [0.3, 0.4) is 0 Å². The van der Waals surface area contributed by atoms with Crippen molar-refractivity contribution in [2.24, 2.45) is 0 Å². The van der Waals surface area contributed by atoms with Gasteiger partial charge in [-0.1, -0.05) is 6.07 Å². The van der Waals surface area contributed by atoms with E-state index in [0.717, 1.165) is 37.3 Å². The number of hydrogen-bond acceptors (Lipinski definition) is 4. The van der Waals surface area contributed by atoms with E-state index in [4.69, 9.17) is 4.74 Å². The summed E-state index contributed by atoms with van der Waals surface area (Å²) in [5.41, 5.74) is -1.87. The number of ether oxygens (including phenoxy) is 2. The molecule has 0 aliphatic carbocycles. The molecule has 0 saturated heterocycles. The second kappa shape index (κ2) is 7.71. The maximum Gasteiger partial charge on any atom is 0.573 e. The molecule has 1 aromatic heterocycles. The van der Waals surface area contributed by atoms with Gasteiger partial charge in [-0.15, -0.1) is 13.2 Å². The molecule has 0 spiro atoms. The lowest BCUT2D eigenvalue weighted by Crippen LogP contribution is -2.25. The minimum Gasteiger partial charge on any atom is -0.494 e. The van der Waals surface area contributed by atoms with Gasteiger partial charge in [0.05, 0.1) is 18.2 Å². The minimum atomic E-state index is -5.31. The molecule has 11 heteroatoms. The third-order valence-electron chi connectivity index (χ3n) is 4.30. The van der Waals surface area contributed by atoms with E-state index in [1.54, 1.807) is 0 Å². The number of nitrogens with zero attached hydrogens (tertiary/aromatic N) is 1. The Kier molecular flexibility index (Phi) is 5.55. The van der Waals surface area contributed by atoms with Crippen molar-refractivity contribution in [3.8, 4) is 22.6 Å². The summed E-state index contributed by atoms with van der Waals surface area (Å²) in [6.45, 7) is 1.14. The van der Waals surface area contributed by atoms with Crippen molar-refractivity contribution < 1.29 is 45.0 Å². The zero-order valence-electron chi connectivity index (χ0n) is 15.8. The fraction of sp³-hybridized carbons (Fsp3) is 0.200. The molecule has 4 nitrogen and oxygen atoms in total. The molecule has 0 atom stereocenters. The second-order valence-electron chi connectivity index (χ2n) is 6.35. The number of carbonyl (C=O) groups is 1. The highest BCUT2D eigenvalue weighted by molar-refractivity contribution is 6.12. The van der Waals surface area contributed by atoms with Crippen LogP contribution in [-0.2, 0) is 0 Å². The summed E-state index contributed by atoms with van der Waals surface area (Å²) in [4.78, 5) is 16.1. The predicted octanol–water partition coefficient (Wildman–Crippen LogP) is 6.00. The topological polar surface area (TPSA) is 48.4 Å². The maximum absolute atomic E-state index is 14.3. The predicted molar refractivity (Wildman–Crippen MR) is 95.5 cm³/mol. The largest absolute Gasteiger partial charge is 0.573 e. The molecule has 0 bridgehead atoms. The number of pyridine rings is 1. The van der Waals surface area contributed by atoms with Gasteiger partial charge in [0.1, 0.15) is 5.75 Å². The summed E-state index contributed by atoms with van der Waals surface area (Å²) >= 11 is 0. The van der Waals surface area contributed by atoms with Crippen molar-refractivity contribution in [1.82, 2.24) is 4.98 Å². The average Bonchev–Trinajstić information content (AvgIpc) is 2.64. The minimum absolute atomic E-state index is 0.0167. The lowest BCUT2D eigenvalue weighted by molar-refractivity contribution is -0.274. The van der Waals surface area contributed by atoms with Crippen molar-refractivity contribution in [2.45, 2.75) is 19.5 Å². The Morgan fingerprint density at radius 2 is 1.68 bits per heavy atom. The number of fused-ring (bicyclic) bond motifs is 1. The van der Waals surface area contributed by atoms with Crippen LogP contribution in [0.5, 0.6) is 11.5 Å². The van der Waals surface area contributed by atoms with Crippen molar-refractivity contribution in [1.29, 1.82) is 0 Å². The molecule has 1 heterocycles. The number of aromatic nitrogens is 1. The van der Waals surface area contributed by atoms with Gasteiger partial charge in [-0.2, -0.15) is 13.2 Å². The Morgan fingerprint density at radius 3 is 2.23 bits per heavy atom. The fourth-order valence-electron chi connectivity index (χ4n) is 3.10. The van der Waals surface area contributed by atoms with E-state index in [-0.39, 0.29) is 27.9 Å². The van der Waals surface area contributed by atoms with Gasteiger partial charge in [0.25, 0.3) is 5.78 Å². The van der Waals surface area contributed by atoms with Gasteiger partial charge in [-0.25, -0.2) is 4.39 Å². The number of methoxy groups -OCH3 is 1. The number of hydrogen-bond donors (Lipinski definition) is 0. The van der Waals surface area contributed by atoms with Gasteiger partial charge in [-0.3, -0.25) is 9.78 Å². The van der Waals surface area contributed by atoms with E-state index in [1.165, 1.54) is 13.2 Å². The van der Waals surface area contributed by atoms with E-state index in [1.807, 2.05) is 0 Å². The first-order chi connectivity index (χ1) is 14.3. The van der Waals surface area contributed by atoms with Crippen LogP contribution >= 0.6 is 0 Å². The van der Waals surface area contributed by atoms with Gasteiger partial charge in [0.15, 0.2) is 11.6 Å². The van der Waals surface area contributed by atoms with Gasteiger partial charge in [-0.05, 0) is 42.8 Å². The van der Waals surface area contributed by atoms with E-state index in [2.05, 4.69) is 9.72 Å². The van der Waals surface area contributed by atoms with Crippen LogP contribution in [0.4, 0.5) is 30.7 Å². The summed E-state index contributed by atoms with van der Waals surface area (Å²) in [5, 5.41) is -0.260. The Labute approximate surface area is 170 Å². The number of ketones is 1. The summed E-state index contributed by atoms with van der Waals surface area (Å²) < 4.78 is 101. The van der Waals surface area contributed by atoms with Crippen molar-refractivity contribution in [3.63, 3.8) is 0 Å². The number of halogens is 7. The molecule has 0 fully saturated rings. The molecular weight excluding hydrogens is 435 g/mol. The van der Waals surface area contributed by atoms with Crippen LogP contribution in [0.25, 0.3) is 22.0 Å². The number of rotatable bonds is 4. The first-order valence-corrected chi connectivity index (χ1v) is 8.47. The first-order valence-electron chi connectivity index (χ1n) is 8.47. The molecule has 0 amide bonds. The van der Waals surface area contributed by atoms with Crippen LogP contribution in [0.1, 0.15) is 16.1 Å². The van der Waals surface area contributed by atoms with Gasteiger partial charge < -0.3 is 9.47 Å². The van der Waals surface area contributed by atoms with E-state index < -0.39 is 41.0 Å². The Morgan fingerprint density at radius 1 is 1.00 bits per heavy atom. The lowest BCUT2D eigenvalue weighted by atomic mass is 9.91. The molecule has 2 aromatic carbocycles. The third kappa shape index (κ3) is 4.54. The number of Topliss-reactive ketones (excluding diaryl/α,β-unsaturated/α-hetero) is 1. The van der Waals surface area contributed by atoms with Crippen LogP contribution in [0.2, 0.25) is 0 Å². The van der Waals surface area contributed by atoms with E-state index in [0.29, 0.717) is 0 Å². The summed E-state index contributed by atoms with van der Waals surface area (Å²) in [7, 11) is 1.17. The summed E-state index contributed by atoms with van der Waals surface area (Å²) in [6.07, 6.45) is -10.4. The lowest BCUT2D eigenvalue weighted by Gasteiger charge is -2.18. The molecule has 0 aliphatic rings. The zero-order valence-corrected chi connectivity index (χ0v) is 15.8. The van der Waals surface area contributed by atoms with Gasteiger partial charge in [0, 0.05) is 16.6 Å². The van der Waals surface area contributed by atoms with E-state index >= 15 is 0 Å². The molecular formula is C20H12F7NO3. The molecule has 31 heavy (non-hydrogen) atoms. The van der Waals surface area contributed by atoms with Gasteiger partial charge in [0.2, 0.25) is 0 Å². The highest BCUT2D eigenvalue weighted by atomic mass is 19.4. The number of alkyl halides is 6. The molecule has 0 radical (unpaired) electrons. The first kappa shape index (κ1) is 22.3. The molecule has 0 unspecified atom stereocenters. The number of carbonyl (C=O) groups excluding carboxylic acids is 1. The van der Waals surface area contributed by atoms with Crippen molar-refractivity contribution >= 4 is 16.7 Å². The van der Waals surface area contributed by atoms with Gasteiger partial charge >= 0.3 is 12.5 Å². The SMILES string of the molecule is COc1ccc(-c2c(C(=O)C(F)(F)F)c(C)nc3ccc(OC(F)(F)F)cc23)cc1F.